The van der Waals surface area contributed by atoms with E-state index in [0.29, 0.717) is 29.5 Å². The molecule has 3 N–H and O–H groups in total. The van der Waals surface area contributed by atoms with Gasteiger partial charge in [0.2, 0.25) is 5.91 Å². The predicted molar refractivity (Wildman–Crippen MR) is 123 cm³/mol. The molecule has 0 aliphatic heterocycles. The topological polar surface area (TPSA) is 143 Å². The van der Waals surface area contributed by atoms with Crippen molar-refractivity contribution in [1.29, 1.82) is 0 Å². The lowest BCUT2D eigenvalue weighted by Crippen LogP contribution is -2.44. The number of hydrogen-bond donors (Lipinski definition) is 3. The Balaban J connectivity index is 1.74. The molecule has 1 atom stereocenters. The van der Waals surface area contributed by atoms with Crippen LogP contribution in [0, 0.1) is 17.0 Å². The van der Waals surface area contributed by atoms with Crippen LogP contribution in [0.25, 0.3) is 11.4 Å². The van der Waals surface area contributed by atoms with Gasteiger partial charge in [-0.25, -0.2) is 4.98 Å². The Morgan fingerprint density at radius 1 is 1.22 bits per heavy atom. The Labute approximate surface area is 188 Å². The minimum Gasteiger partial charge on any atom is -0.340 e. The molecular formula is C21H22N6O4S. The van der Waals surface area contributed by atoms with Crippen molar-refractivity contribution in [2.75, 3.05) is 17.3 Å². The molecule has 0 spiro atoms. The SMILES string of the molecule is CSCCC(NC(=O)c1cccc([N+](=O)[O-])c1)C(=O)Nc1cccc(-c2n[nH]c(C)n2)c1. The standard InChI is InChI=1S/C21H22N6O4S/c1-13-22-19(26-25-13)14-5-3-7-16(11-14)23-21(29)18(9-10-32-2)24-20(28)15-6-4-8-17(12-15)27(30)31/h3-8,11-12,18H,9-10H2,1-2H3,(H,23,29)(H,24,28)(H,22,25,26). The van der Waals surface area contributed by atoms with E-state index in [1.54, 1.807) is 36.9 Å². The van der Waals surface area contributed by atoms with E-state index in [1.807, 2.05) is 12.3 Å². The molecule has 0 fully saturated rings. The van der Waals surface area contributed by atoms with Crippen LogP contribution in [0.3, 0.4) is 0 Å². The number of anilines is 1. The first-order chi connectivity index (χ1) is 15.4. The normalized spacial score (nSPS) is 11.6. The first-order valence-electron chi connectivity index (χ1n) is 9.72. The number of rotatable bonds is 9. The number of thioether (sulfide) groups is 1. The summed E-state index contributed by atoms with van der Waals surface area (Å²) in [5, 5.41) is 23.4. The van der Waals surface area contributed by atoms with Crippen molar-refractivity contribution in [3.05, 3.63) is 70.0 Å². The highest BCUT2D eigenvalue weighted by Gasteiger charge is 2.22. The summed E-state index contributed by atoms with van der Waals surface area (Å²) < 4.78 is 0. The van der Waals surface area contributed by atoms with Gasteiger partial charge in [-0.2, -0.15) is 16.9 Å². The third-order valence-corrected chi connectivity index (χ3v) is 5.18. The molecule has 11 heteroatoms. The van der Waals surface area contributed by atoms with Crippen LogP contribution in [0.15, 0.2) is 48.5 Å². The number of amides is 2. The highest BCUT2D eigenvalue weighted by Crippen LogP contribution is 2.20. The lowest BCUT2D eigenvalue weighted by atomic mass is 10.1. The van der Waals surface area contributed by atoms with Crippen LogP contribution < -0.4 is 10.6 Å². The second-order valence-corrected chi connectivity index (χ2v) is 7.92. The predicted octanol–water partition coefficient (Wildman–Crippen LogP) is 3.18. The number of non-ortho nitro benzene ring substituents is 1. The van der Waals surface area contributed by atoms with Gasteiger partial charge in [0, 0.05) is 28.9 Å². The van der Waals surface area contributed by atoms with Crippen molar-refractivity contribution in [1.82, 2.24) is 20.5 Å². The average Bonchev–Trinajstić information content (AvgIpc) is 3.23. The molecule has 0 aliphatic rings. The van der Waals surface area contributed by atoms with Crippen molar-refractivity contribution in [2.45, 2.75) is 19.4 Å². The van der Waals surface area contributed by atoms with Gasteiger partial charge in [-0.3, -0.25) is 24.8 Å². The molecular weight excluding hydrogens is 432 g/mol. The fourth-order valence-corrected chi connectivity index (χ4v) is 3.42. The van der Waals surface area contributed by atoms with Crippen molar-refractivity contribution in [3.63, 3.8) is 0 Å². The van der Waals surface area contributed by atoms with Crippen LogP contribution in [0.2, 0.25) is 0 Å². The van der Waals surface area contributed by atoms with Gasteiger partial charge in [-0.1, -0.05) is 18.2 Å². The van der Waals surface area contributed by atoms with Crippen LogP contribution in [0.5, 0.6) is 0 Å². The minimum atomic E-state index is -0.816. The van der Waals surface area contributed by atoms with E-state index in [1.165, 1.54) is 24.3 Å². The van der Waals surface area contributed by atoms with Crippen LogP contribution in [-0.4, -0.2) is 50.0 Å². The highest BCUT2D eigenvalue weighted by molar-refractivity contribution is 7.98. The number of nitrogens with one attached hydrogen (secondary N) is 3. The van der Waals surface area contributed by atoms with Gasteiger partial charge >= 0.3 is 0 Å². The van der Waals surface area contributed by atoms with Gasteiger partial charge in [0.15, 0.2) is 5.82 Å². The molecule has 0 aliphatic carbocycles. The Morgan fingerprint density at radius 3 is 2.69 bits per heavy atom. The van der Waals surface area contributed by atoms with E-state index in [0.717, 1.165) is 5.56 Å². The number of aromatic amines is 1. The number of nitro benzene ring substituents is 1. The fraction of sp³-hybridized carbons (Fsp3) is 0.238. The minimum absolute atomic E-state index is 0.114. The summed E-state index contributed by atoms with van der Waals surface area (Å²) in [4.78, 5) is 40.3. The van der Waals surface area contributed by atoms with Gasteiger partial charge in [0.05, 0.1) is 4.92 Å². The zero-order valence-electron chi connectivity index (χ0n) is 17.5. The van der Waals surface area contributed by atoms with Crippen molar-refractivity contribution in [2.24, 2.45) is 0 Å². The zero-order chi connectivity index (χ0) is 23.1. The molecule has 0 radical (unpaired) electrons. The number of benzene rings is 2. The molecule has 2 amide bonds. The summed E-state index contributed by atoms with van der Waals surface area (Å²) in [5.74, 6) is 0.886. The molecule has 0 saturated carbocycles. The van der Waals surface area contributed by atoms with Gasteiger partial charge in [-0.15, -0.1) is 0 Å². The zero-order valence-corrected chi connectivity index (χ0v) is 18.3. The Hall–Kier alpha value is -3.73. The van der Waals surface area contributed by atoms with Crippen molar-refractivity contribution < 1.29 is 14.5 Å². The van der Waals surface area contributed by atoms with E-state index in [2.05, 4.69) is 25.8 Å². The number of H-pyrrole nitrogens is 1. The van der Waals surface area contributed by atoms with Crippen LogP contribution in [0.4, 0.5) is 11.4 Å². The Morgan fingerprint density at radius 2 is 2.00 bits per heavy atom. The summed E-state index contributed by atoms with van der Waals surface area (Å²) in [6, 6.07) is 11.6. The van der Waals surface area contributed by atoms with Gasteiger partial charge in [-0.05, 0) is 43.6 Å². The number of carbonyl (C=O) groups excluding carboxylic acids is 2. The summed E-state index contributed by atoms with van der Waals surface area (Å²) in [5.41, 5.74) is 1.19. The summed E-state index contributed by atoms with van der Waals surface area (Å²) in [7, 11) is 0. The molecule has 166 valence electrons. The van der Waals surface area contributed by atoms with Gasteiger partial charge in [0.25, 0.3) is 11.6 Å². The second kappa shape index (κ2) is 10.5. The molecule has 0 saturated heterocycles. The largest absolute Gasteiger partial charge is 0.340 e. The molecule has 32 heavy (non-hydrogen) atoms. The lowest BCUT2D eigenvalue weighted by molar-refractivity contribution is -0.384. The Bertz CT molecular complexity index is 1130. The third-order valence-electron chi connectivity index (χ3n) is 4.54. The quantitative estimate of drug-likeness (QED) is 0.333. The summed E-state index contributed by atoms with van der Waals surface area (Å²) >= 11 is 1.54. The molecule has 1 aromatic heterocycles. The first kappa shape index (κ1) is 22.9. The third kappa shape index (κ3) is 5.91. The maximum Gasteiger partial charge on any atom is 0.270 e. The van der Waals surface area contributed by atoms with Crippen molar-refractivity contribution in [3.8, 4) is 11.4 Å². The number of carbonyl (C=O) groups is 2. The second-order valence-electron chi connectivity index (χ2n) is 6.93. The monoisotopic (exact) mass is 454 g/mol. The highest BCUT2D eigenvalue weighted by atomic mass is 32.2. The molecule has 10 nitrogen and oxygen atoms in total. The maximum absolute atomic E-state index is 12.9. The molecule has 1 heterocycles. The molecule has 3 rings (SSSR count). The van der Waals surface area contributed by atoms with E-state index in [4.69, 9.17) is 0 Å². The summed E-state index contributed by atoms with van der Waals surface area (Å²) in [6.45, 7) is 1.79. The fourth-order valence-electron chi connectivity index (χ4n) is 2.94. The van der Waals surface area contributed by atoms with E-state index in [9.17, 15) is 19.7 Å². The lowest BCUT2D eigenvalue weighted by Gasteiger charge is -2.18. The molecule has 3 aromatic rings. The van der Waals surface area contributed by atoms with Crippen LogP contribution >= 0.6 is 11.8 Å². The number of aryl methyl sites for hydroxylation is 1. The number of nitro groups is 1. The van der Waals surface area contributed by atoms with E-state index in [-0.39, 0.29) is 17.2 Å². The summed E-state index contributed by atoms with van der Waals surface area (Å²) in [6.07, 6.45) is 2.30. The van der Waals surface area contributed by atoms with Crippen LogP contribution in [0.1, 0.15) is 22.6 Å². The maximum atomic E-state index is 12.9. The molecule has 2 aromatic carbocycles. The van der Waals surface area contributed by atoms with E-state index >= 15 is 0 Å². The number of nitrogens with zero attached hydrogens (tertiary/aromatic N) is 3. The molecule has 1 unspecified atom stereocenters. The first-order valence-corrected chi connectivity index (χ1v) is 11.1. The number of aromatic nitrogens is 3. The van der Waals surface area contributed by atoms with Crippen LogP contribution in [-0.2, 0) is 4.79 Å². The van der Waals surface area contributed by atoms with E-state index < -0.39 is 16.9 Å². The molecule has 0 bridgehead atoms. The smallest absolute Gasteiger partial charge is 0.270 e. The average molecular weight is 455 g/mol. The van der Waals surface area contributed by atoms with Crippen molar-refractivity contribution >= 4 is 35.0 Å². The van der Waals surface area contributed by atoms with Gasteiger partial charge < -0.3 is 10.6 Å². The van der Waals surface area contributed by atoms with Gasteiger partial charge in [0.1, 0.15) is 11.9 Å². The number of hydrogen-bond acceptors (Lipinski definition) is 7. The Kier molecular flexibility index (Phi) is 7.55.